The average molecular weight is 835 g/mol. The first kappa shape index (κ1) is 57.4. The second-order valence-corrected chi connectivity index (χ2v) is 19.1. The summed E-state index contributed by atoms with van der Waals surface area (Å²) in [6.45, 7) is 11.4. The summed E-state index contributed by atoms with van der Waals surface area (Å²) in [6, 6.07) is 0. The maximum Gasteiger partial charge on any atom is 0.306 e. The molecule has 0 aliphatic heterocycles. The molecule has 0 bridgehead atoms. The molecule has 0 aromatic heterocycles. The maximum absolute atomic E-state index is 12.8. The summed E-state index contributed by atoms with van der Waals surface area (Å²) in [5.74, 6) is 0.821. The minimum atomic E-state index is -0.761. The minimum absolute atomic E-state index is 0.0639. The lowest BCUT2D eigenvalue weighted by molar-refractivity contribution is -0.167. The third-order valence-electron chi connectivity index (χ3n) is 12.0. The highest BCUT2D eigenvalue weighted by molar-refractivity contribution is 5.71. The molecule has 0 spiro atoms. The zero-order valence-corrected chi connectivity index (χ0v) is 40.4. The number of carbonyl (C=O) groups excluding carboxylic acids is 3. The Morgan fingerprint density at radius 3 is 0.831 bits per heavy atom. The van der Waals surface area contributed by atoms with Crippen molar-refractivity contribution in [2.75, 3.05) is 13.2 Å². The van der Waals surface area contributed by atoms with Gasteiger partial charge < -0.3 is 14.2 Å². The van der Waals surface area contributed by atoms with Gasteiger partial charge in [-0.3, -0.25) is 14.4 Å². The Hall–Kier alpha value is -1.59. The summed E-state index contributed by atoms with van der Waals surface area (Å²) in [7, 11) is 0. The van der Waals surface area contributed by atoms with Gasteiger partial charge in [-0.2, -0.15) is 0 Å². The van der Waals surface area contributed by atoms with E-state index in [2.05, 4.69) is 34.6 Å². The fourth-order valence-corrected chi connectivity index (χ4v) is 7.99. The van der Waals surface area contributed by atoms with E-state index >= 15 is 0 Å². The molecule has 0 aromatic rings. The van der Waals surface area contributed by atoms with Gasteiger partial charge in [0, 0.05) is 19.3 Å². The van der Waals surface area contributed by atoms with Gasteiger partial charge in [0.2, 0.25) is 0 Å². The molecule has 0 amide bonds. The van der Waals surface area contributed by atoms with Gasteiger partial charge in [-0.15, -0.1) is 0 Å². The third-order valence-corrected chi connectivity index (χ3v) is 12.0. The van der Waals surface area contributed by atoms with Crippen molar-refractivity contribution in [2.45, 2.75) is 298 Å². The lowest BCUT2D eigenvalue weighted by atomic mass is 10.0. The Morgan fingerprint density at radius 2 is 0.559 bits per heavy atom. The van der Waals surface area contributed by atoms with Crippen LogP contribution in [0.1, 0.15) is 291 Å². The molecule has 350 valence electrons. The third kappa shape index (κ3) is 47.3. The molecule has 0 rings (SSSR count). The molecule has 6 heteroatoms. The van der Waals surface area contributed by atoms with Crippen LogP contribution in [0.15, 0.2) is 0 Å². The smallest absolute Gasteiger partial charge is 0.306 e. The molecule has 59 heavy (non-hydrogen) atoms. The van der Waals surface area contributed by atoms with Gasteiger partial charge in [-0.05, 0) is 31.1 Å². The highest BCUT2D eigenvalue weighted by atomic mass is 16.6. The van der Waals surface area contributed by atoms with E-state index in [0.717, 1.165) is 69.6 Å². The Bertz CT molecular complexity index is 900. The van der Waals surface area contributed by atoms with Crippen LogP contribution in [0.2, 0.25) is 0 Å². The highest BCUT2D eigenvalue weighted by Crippen LogP contribution is 2.17. The number of esters is 3. The lowest BCUT2D eigenvalue weighted by Crippen LogP contribution is -2.30. The summed E-state index contributed by atoms with van der Waals surface area (Å²) in [4.78, 5) is 37.9. The molecule has 0 radical (unpaired) electrons. The zero-order valence-electron chi connectivity index (χ0n) is 40.4. The first-order chi connectivity index (χ1) is 28.7. The molecule has 0 unspecified atom stereocenters. The molecule has 0 heterocycles. The number of hydrogen-bond donors (Lipinski definition) is 0. The van der Waals surface area contributed by atoms with E-state index in [-0.39, 0.29) is 31.1 Å². The standard InChI is InChI=1S/C53H102O6/c1-6-7-8-9-10-21-28-33-38-43-51(54)57-46-50(47-58-52(55)44-39-34-29-24-20-19-23-27-32-37-42-49(4)5)59-53(56)45-40-35-30-25-18-16-14-12-11-13-15-17-22-26-31-36-41-48(2)3/h48-50H,6-47H2,1-5H3/t50-/m0/s1. The van der Waals surface area contributed by atoms with Gasteiger partial charge in [-0.25, -0.2) is 0 Å². The van der Waals surface area contributed by atoms with Crippen LogP contribution in [0.5, 0.6) is 0 Å². The molecular formula is C53H102O6. The number of carbonyl (C=O) groups is 3. The van der Waals surface area contributed by atoms with E-state index in [4.69, 9.17) is 14.2 Å². The zero-order chi connectivity index (χ0) is 43.3. The van der Waals surface area contributed by atoms with Crippen molar-refractivity contribution in [3.05, 3.63) is 0 Å². The quantitative estimate of drug-likeness (QED) is 0.0345. The molecule has 0 fully saturated rings. The molecule has 1 atom stereocenters. The van der Waals surface area contributed by atoms with E-state index in [1.165, 1.54) is 180 Å². The Kier molecular flexibility index (Phi) is 44.7. The van der Waals surface area contributed by atoms with Gasteiger partial charge in [0.1, 0.15) is 13.2 Å². The number of ether oxygens (including phenoxy) is 3. The predicted molar refractivity (Wildman–Crippen MR) is 252 cm³/mol. The fourth-order valence-electron chi connectivity index (χ4n) is 7.99. The molecule has 0 aromatic carbocycles. The van der Waals surface area contributed by atoms with Crippen LogP contribution < -0.4 is 0 Å². The SMILES string of the molecule is CCCCCCCCCCCC(=O)OC[C@@H](COC(=O)CCCCCCCCCCCCC(C)C)OC(=O)CCCCCCCCCCCCCCCCCCC(C)C. The molecule has 6 nitrogen and oxygen atoms in total. The van der Waals surface area contributed by atoms with Crippen molar-refractivity contribution in [1.82, 2.24) is 0 Å². The molecule has 0 saturated carbocycles. The fraction of sp³-hybridized carbons (Fsp3) is 0.943. The van der Waals surface area contributed by atoms with Crippen LogP contribution in [0.25, 0.3) is 0 Å². The number of unbranched alkanes of at least 4 members (excludes halogenated alkanes) is 32. The van der Waals surface area contributed by atoms with Gasteiger partial charge in [-0.1, -0.05) is 253 Å². The maximum atomic E-state index is 12.8. The minimum Gasteiger partial charge on any atom is -0.462 e. The summed E-state index contributed by atoms with van der Waals surface area (Å²) in [6.07, 6.45) is 46.7. The van der Waals surface area contributed by atoms with Crippen LogP contribution in [-0.2, 0) is 28.6 Å². The lowest BCUT2D eigenvalue weighted by Gasteiger charge is -2.18. The number of hydrogen-bond acceptors (Lipinski definition) is 6. The molecule has 0 saturated heterocycles. The van der Waals surface area contributed by atoms with E-state index in [1.54, 1.807) is 0 Å². The van der Waals surface area contributed by atoms with Gasteiger partial charge in [0.15, 0.2) is 6.10 Å². The van der Waals surface area contributed by atoms with Gasteiger partial charge in [0.05, 0.1) is 0 Å². The van der Waals surface area contributed by atoms with E-state index < -0.39 is 6.10 Å². The number of rotatable bonds is 47. The van der Waals surface area contributed by atoms with Gasteiger partial charge in [0.25, 0.3) is 0 Å². The molecular weight excluding hydrogens is 733 g/mol. The first-order valence-electron chi connectivity index (χ1n) is 26.2. The monoisotopic (exact) mass is 835 g/mol. The van der Waals surface area contributed by atoms with Crippen LogP contribution in [-0.4, -0.2) is 37.2 Å². The van der Waals surface area contributed by atoms with Crippen molar-refractivity contribution in [2.24, 2.45) is 11.8 Å². The Morgan fingerprint density at radius 1 is 0.322 bits per heavy atom. The normalized spacial score (nSPS) is 12.1. The van der Waals surface area contributed by atoms with Crippen LogP contribution in [0.4, 0.5) is 0 Å². The van der Waals surface area contributed by atoms with Crippen molar-refractivity contribution in [1.29, 1.82) is 0 Å². The van der Waals surface area contributed by atoms with Crippen LogP contribution in [0.3, 0.4) is 0 Å². The predicted octanol–water partition coefficient (Wildman–Crippen LogP) is 16.9. The largest absolute Gasteiger partial charge is 0.462 e. The van der Waals surface area contributed by atoms with E-state index in [0.29, 0.717) is 19.3 Å². The molecule has 0 aliphatic rings. The Balaban J connectivity index is 4.24. The summed E-state index contributed by atoms with van der Waals surface area (Å²) in [5, 5.41) is 0. The van der Waals surface area contributed by atoms with Crippen LogP contribution >= 0.6 is 0 Å². The summed E-state index contributed by atoms with van der Waals surface area (Å²) in [5.41, 5.74) is 0. The van der Waals surface area contributed by atoms with Crippen molar-refractivity contribution in [3.63, 3.8) is 0 Å². The molecule has 0 N–H and O–H groups in total. The second kappa shape index (κ2) is 45.9. The first-order valence-corrected chi connectivity index (χ1v) is 26.2. The summed E-state index contributed by atoms with van der Waals surface area (Å²) < 4.78 is 16.8. The van der Waals surface area contributed by atoms with E-state index in [9.17, 15) is 14.4 Å². The highest BCUT2D eigenvalue weighted by Gasteiger charge is 2.19. The Labute approximate surface area is 368 Å². The van der Waals surface area contributed by atoms with Crippen LogP contribution in [0, 0.1) is 11.8 Å². The second-order valence-electron chi connectivity index (χ2n) is 19.1. The van der Waals surface area contributed by atoms with Crippen molar-refractivity contribution in [3.8, 4) is 0 Å². The van der Waals surface area contributed by atoms with Crippen molar-refractivity contribution >= 4 is 17.9 Å². The molecule has 0 aliphatic carbocycles. The topological polar surface area (TPSA) is 78.9 Å². The van der Waals surface area contributed by atoms with Crippen molar-refractivity contribution < 1.29 is 28.6 Å². The van der Waals surface area contributed by atoms with E-state index in [1.807, 2.05) is 0 Å². The van der Waals surface area contributed by atoms with Gasteiger partial charge >= 0.3 is 17.9 Å². The average Bonchev–Trinajstić information content (AvgIpc) is 3.20. The summed E-state index contributed by atoms with van der Waals surface area (Å²) >= 11 is 0.